The number of aryl methyl sites for hydroxylation is 2. The number of carbonyl (C=O) groups excluding carboxylic acids is 1. The Morgan fingerprint density at radius 3 is 2.56 bits per heavy atom. The minimum Gasteiger partial charge on any atom is -0.352 e. The van der Waals surface area contributed by atoms with Gasteiger partial charge in [-0.3, -0.25) is 9.59 Å². The van der Waals surface area contributed by atoms with Crippen molar-refractivity contribution < 1.29 is 4.79 Å². The molecule has 0 aliphatic carbocycles. The van der Waals surface area contributed by atoms with Crippen LogP contribution >= 0.6 is 11.6 Å². The lowest BCUT2D eigenvalue weighted by Crippen LogP contribution is -2.22. The molecule has 0 atom stereocenters. The number of pyridine rings is 1. The molecule has 0 bridgehead atoms. The fourth-order valence-electron chi connectivity index (χ4n) is 2.66. The molecule has 25 heavy (non-hydrogen) atoms. The average molecular weight is 355 g/mol. The third-order valence-electron chi connectivity index (χ3n) is 4.14. The number of rotatable bonds is 5. The van der Waals surface area contributed by atoms with Gasteiger partial charge in [-0.05, 0) is 54.1 Å². The number of H-pyrrole nitrogens is 1. The molecule has 3 rings (SSSR count). The lowest BCUT2D eigenvalue weighted by molar-refractivity contribution is -0.121. The van der Waals surface area contributed by atoms with Crippen molar-refractivity contribution in [2.45, 2.75) is 26.3 Å². The van der Waals surface area contributed by atoms with Crippen LogP contribution in [0.4, 0.5) is 0 Å². The Hall–Kier alpha value is -2.59. The van der Waals surface area contributed by atoms with Gasteiger partial charge in [0.2, 0.25) is 5.91 Å². The van der Waals surface area contributed by atoms with Crippen LogP contribution in [0.3, 0.4) is 0 Å². The molecule has 0 saturated carbocycles. The van der Waals surface area contributed by atoms with E-state index in [4.69, 9.17) is 11.6 Å². The maximum atomic E-state index is 12.0. The summed E-state index contributed by atoms with van der Waals surface area (Å²) in [6.07, 6.45) is 1.02. The van der Waals surface area contributed by atoms with E-state index in [-0.39, 0.29) is 11.5 Å². The van der Waals surface area contributed by atoms with E-state index in [0.29, 0.717) is 30.0 Å². The number of halogens is 1. The van der Waals surface area contributed by atoms with Crippen LogP contribution in [0, 0.1) is 6.92 Å². The molecule has 1 heterocycles. The van der Waals surface area contributed by atoms with Crippen LogP contribution < -0.4 is 10.9 Å². The predicted octanol–water partition coefficient (Wildman–Crippen LogP) is 3.74. The van der Waals surface area contributed by atoms with Gasteiger partial charge in [-0.25, -0.2) is 0 Å². The summed E-state index contributed by atoms with van der Waals surface area (Å²) in [5.41, 5.74) is 3.45. The first-order valence-electron chi connectivity index (χ1n) is 8.15. The first kappa shape index (κ1) is 17.2. The normalized spacial score (nSPS) is 10.8. The fraction of sp³-hybridized carbons (Fsp3) is 0.200. The molecular weight excluding hydrogens is 336 g/mol. The second kappa shape index (κ2) is 7.53. The lowest BCUT2D eigenvalue weighted by Gasteiger charge is -2.07. The summed E-state index contributed by atoms with van der Waals surface area (Å²) >= 11 is 5.84. The quantitative estimate of drug-likeness (QED) is 0.733. The second-order valence-corrected chi connectivity index (χ2v) is 6.54. The van der Waals surface area contributed by atoms with Crippen molar-refractivity contribution in [3.8, 4) is 0 Å². The number of fused-ring (bicyclic) bond motifs is 1. The Morgan fingerprint density at radius 2 is 1.80 bits per heavy atom. The minimum atomic E-state index is -0.0784. The first-order chi connectivity index (χ1) is 12.0. The van der Waals surface area contributed by atoms with Crippen molar-refractivity contribution in [3.63, 3.8) is 0 Å². The third-order valence-corrected chi connectivity index (χ3v) is 4.39. The van der Waals surface area contributed by atoms with E-state index in [0.717, 1.165) is 22.0 Å². The number of carbonyl (C=O) groups is 1. The van der Waals surface area contributed by atoms with Gasteiger partial charge in [0.1, 0.15) is 0 Å². The number of amides is 1. The minimum absolute atomic E-state index is 0.00699. The summed E-state index contributed by atoms with van der Waals surface area (Å²) in [6.45, 7) is 2.28. The molecule has 0 radical (unpaired) electrons. The van der Waals surface area contributed by atoms with Crippen molar-refractivity contribution in [2.24, 2.45) is 0 Å². The summed E-state index contributed by atoms with van der Waals surface area (Å²) < 4.78 is 0. The number of aromatic amines is 1. The summed E-state index contributed by atoms with van der Waals surface area (Å²) in [5, 5.41) is 4.58. The predicted molar refractivity (Wildman–Crippen MR) is 101 cm³/mol. The highest BCUT2D eigenvalue weighted by atomic mass is 35.5. The smallest absolute Gasteiger partial charge is 0.251 e. The number of aromatic nitrogens is 1. The largest absolute Gasteiger partial charge is 0.352 e. The molecule has 0 saturated heterocycles. The van der Waals surface area contributed by atoms with Gasteiger partial charge in [0.05, 0.1) is 0 Å². The monoisotopic (exact) mass is 354 g/mol. The molecule has 5 heteroatoms. The second-order valence-electron chi connectivity index (χ2n) is 6.11. The van der Waals surface area contributed by atoms with Gasteiger partial charge in [0.15, 0.2) is 0 Å². The molecule has 4 nitrogen and oxygen atoms in total. The molecular formula is C20H19ClN2O2. The van der Waals surface area contributed by atoms with Crippen molar-refractivity contribution in [1.82, 2.24) is 10.3 Å². The van der Waals surface area contributed by atoms with Gasteiger partial charge in [0, 0.05) is 29.1 Å². The van der Waals surface area contributed by atoms with Crippen LogP contribution in [0.15, 0.2) is 53.3 Å². The van der Waals surface area contributed by atoms with E-state index in [1.54, 1.807) is 19.1 Å². The SMILES string of the molecule is Cc1cc2ccc(CCC(=O)NCc3ccc(Cl)cc3)cc2[nH]c1=O. The Bertz CT molecular complexity index is 962. The molecule has 1 aromatic heterocycles. The van der Waals surface area contributed by atoms with E-state index in [1.807, 2.05) is 36.4 Å². The fourth-order valence-corrected chi connectivity index (χ4v) is 2.79. The summed E-state index contributed by atoms with van der Waals surface area (Å²) in [6, 6.07) is 15.2. The maximum absolute atomic E-state index is 12.0. The molecule has 3 aromatic rings. The van der Waals surface area contributed by atoms with Crippen LogP contribution in [-0.2, 0) is 17.8 Å². The standard InChI is InChI=1S/C20H19ClN2O2/c1-13-10-16-6-2-14(11-18(16)23-20(13)25)5-9-19(24)22-12-15-3-7-17(21)8-4-15/h2-4,6-8,10-11H,5,9,12H2,1H3,(H,22,24)(H,23,25). The lowest BCUT2D eigenvalue weighted by atomic mass is 10.1. The number of benzene rings is 2. The van der Waals surface area contributed by atoms with Gasteiger partial charge in [-0.1, -0.05) is 35.9 Å². The molecule has 1 amide bonds. The van der Waals surface area contributed by atoms with Gasteiger partial charge >= 0.3 is 0 Å². The van der Waals surface area contributed by atoms with E-state index in [9.17, 15) is 9.59 Å². The highest BCUT2D eigenvalue weighted by molar-refractivity contribution is 6.30. The molecule has 0 spiro atoms. The number of hydrogen-bond acceptors (Lipinski definition) is 2. The van der Waals surface area contributed by atoms with Crippen LogP contribution in [0.2, 0.25) is 5.02 Å². The summed E-state index contributed by atoms with van der Waals surface area (Å²) in [4.78, 5) is 26.6. The summed E-state index contributed by atoms with van der Waals surface area (Å²) in [5.74, 6) is -0.00699. The maximum Gasteiger partial charge on any atom is 0.251 e. The van der Waals surface area contributed by atoms with E-state index < -0.39 is 0 Å². The van der Waals surface area contributed by atoms with Crippen LogP contribution in [0.25, 0.3) is 10.9 Å². The Balaban J connectivity index is 1.58. The van der Waals surface area contributed by atoms with Gasteiger partial charge in [0.25, 0.3) is 5.56 Å². The highest BCUT2D eigenvalue weighted by Gasteiger charge is 2.05. The van der Waals surface area contributed by atoms with Crippen molar-refractivity contribution in [2.75, 3.05) is 0 Å². The van der Waals surface area contributed by atoms with Gasteiger partial charge in [-0.15, -0.1) is 0 Å². The van der Waals surface area contributed by atoms with Crippen LogP contribution in [-0.4, -0.2) is 10.9 Å². The number of nitrogens with one attached hydrogen (secondary N) is 2. The summed E-state index contributed by atoms with van der Waals surface area (Å²) in [7, 11) is 0. The van der Waals surface area contributed by atoms with Gasteiger partial charge in [-0.2, -0.15) is 0 Å². The van der Waals surface area contributed by atoms with Crippen molar-refractivity contribution in [1.29, 1.82) is 0 Å². The first-order valence-corrected chi connectivity index (χ1v) is 8.53. The average Bonchev–Trinajstić information content (AvgIpc) is 2.60. The zero-order valence-electron chi connectivity index (χ0n) is 13.9. The molecule has 2 aromatic carbocycles. The molecule has 0 aliphatic rings. The van der Waals surface area contributed by atoms with Crippen LogP contribution in [0.5, 0.6) is 0 Å². The molecule has 2 N–H and O–H groups in total. The molecule has 128 valence electrons. The van der Waals surface area contributed by atoms with E-state index in [2.05, 4.69) is 10.3 Å². The van der Waals surface area contributed by atoms with E-state index in [1.165, 1.54) is 0 Å². The third kappa shape index (κ3) is 4.48. The van der Waals surface area contributed by atoms with E-state index >= 15 is 0 Å². The zero-order chi connectivity index (χ0) is 17.8. The number of hydrogen-bond donors (Lipinski definition) is 2. The van der Waals surface area contributed by atoms with Gasteiger partial charge < -0.3 is 10.3 Å². The Labute approximate surface area is 150 Å². The van der Waals surface area contributed by atoms with Crippen LogP contribution in [0.1, 0.15) is 23.1 Å². The Kier molecular flexibility index (Phi) is 5.19. The highest BCUT2D eigenvalue weighted by Crippen LogP contribution is 2.15. The zero-order valence-corrected chi connectivity index (χ0v) is 14.7. The molecule has 0 unspecified atom stereocenters. The Morgan fingerprint density at radius 1 is 1.08 bits per heavy atom. The topological polar surface area (TPSA) is 62.0 Å². The van der Waals surface area contributed by atoms with Crippen molar-refractivity contribution in [3.05, 3.63) is 80.6 Å². The molecule has 0 aliphatic heterocycles. The van der Waals surface area contributed by atoms with Crippen molar-refractivity contribution >= 4 is 28.4 Å². The molecule has 0 fully saturated rings.